The molecular formula is C19H29N3O3. The Balaban J connectivity index is 1.90. The fraction of sp³-hybridized carbons (Fsp3) is 0.526. The largest absolute Gasteiger partial charge is 0.497 e. The van der Waals surface area contributed by atoms with Gasteiger partial charge < -0.3 is 25.5 Å². The summed E-state index contributed by atoms with van der Waals surface area (Å²) in [5.41, 5.74) is 7.96. The molecule has 138 valence electrons. The highest BCUT2D eigenvalue weighted by molar-refractivity contribution is 5.88. The maximum atomic E-state index is 11.9. The number of benzene rings is 1. The summed E-state index contributed by atoms with van der Waals surface area (Å²) < 4.78 is 10.7. The van der Waals surface area contributed by atoms with Gasteiger partial charge >= 0.3 is 0 Å². The summed E-state index contributed by atoms with van der Waals surface area (Å²) in [5.74, 6) is 1.88. The number of rotatable bonds is 9. The Morgan fingerprint density at radius 3 is 2.64 bits per heavy atom. The van der Waals surface area contributed by atoms with Gasteiger partial charge in [0.2, 0.25) is 5.91 Å². The molecule has 2 rings (SSSR count). The minimum Gasteiger partial charge on any atom is -0.497 e. The number of ether oxygens (including phenoxy) is 2. The number of aryl methyl sites for hydroxylation is 1. The van der Waals surface area contributed by atoms with Gasteiger partial charge in [0.05, 0.1) is 25.8 Å². The van der Waals surface area contributed by atoms with Crippen LogP contribution in [0.3, 0.4) is 0 Å². The predicted octanol–water partition coefficient (Wildman–Crippen LogP) is 2.61. The molecule has 1 aromatic heterocycles. The van der Waals surface area contributed by atoms with Gasteiger partial charge in [-0.25, -0.2) is 0 Å². The fourth-order valence-electron chi connectivity index (χ4n) is 2.89. The van der Waals surface area contributed by atoms with Crippen LogP contribution in [0.15, 0.2) is 18.2 Å². The van der Waals surface area contributed by atoms with Crippen LogP contribution in [0.2, 0.25) is 0 Å². The summed E-state index contributed by atoms with van der Waals surface area (Å²) in [6.45, 7) is 4.74. The first-order valence-corrected chi connectivity index (χ1v) is 8.71. The van der Waals surface area contributed by atoms with Crippen LogP contribution in [0, 0.1) is 5.92 Å². The molecule has 0 saturated carbocycles. The topological polar surface area (TPSA) is 89.4 Å². The quantitative estimate of drug-likeness (QED) is 0.608. The number of H-pyrrole nitrogens is 1. The van der Waals surface area contributed by atoms with E-state index in [1.807, 2.05) is 12.1 Å². The molecule has 1 amide bonds. The van der Waals surface area contributed by atoms with Gasteiger partial charge in [-0.1, -0.05) is 13.8 Å². The number of carbonyl (C=O) groups excluding carboxylic acids is 1. The number of hydrogen-bond acceptors (Lipinski definition) is 4. The number of aromatic nitrogens is 1. The lowest BCUT2D eigenvalue weighted by atomic mass is 10.0. The molecule has 2 aromatic rings. The van der Waals surface area contributed by atoms with E-state index < -0.39 is 6.04 Å². The number of nitrogens with two attached hydrogens (primary N) is 1. The third kappa shape index (κ3) is 5.13. The first-order chi connectivity index (χ1) is 11.9. The highest BCUT2D eigenvalue weighted by Gasteiger charge is 2.14. The highest BCUT2D eigenvalue weighted by Crippen LogP contribution is 2.31. The van der Waals surface area contributed by atoms with E-state index in [9.17, 15) is 4.79 Å². The number of aromatic amines is 1. The van der Waals surface area contributed by atoms with E-state index in [-0.39, 0.29) is 5.91 Å². The maximum Gasteiger partial charge on any atom is 0.236 e. The van der Waals surface area contributed by atoms with Gasteiger partial charge in [-0.05, 0) is 31.2 Å². The van der Waals surface area contributed by atoms with Crippen LogP contribution in [-0.2, 0) is 11.2 Å². The van der Waals surface area contributed by atoms with Crippen LogP contribution < -0.4 is 20.5 Å². The van der Waals surface area contributed by atoms with Gasteiger partial charge in [-0.3, -0.25) is 4.79 Å². The SMILES string of the molecule is COc1cc(OC)c2cc(CCCNC(=O)[C@@H](N)CC(C)C)[nH]c2c1. The average molecular weight is 347 g/mol. The van der Waals surface area contributed by atoms with E-state index in [0.29, 0.717) is 18.9 Å². The summed E-state index contributed by atoms with van der Waals surface area (Å²) in [6, 6.07) is 5.48. The zero-order valence-corrected chi connectivity index (χ0v) is 15.5. The van der Waals surface area contributed by atoms with Crippen LogP contribution in [-0.4, -0.2) is 37.7 Å². The Labute approximate surface area is 149 Å². The van der Waals surface area contributed by atoms with Crippen LogP contribution in [0.1, 0.15) is 32.4 Å². The van der Waals surface area contributed by atoms with Crippen LogP contribution in [0.5, 0.6) is 11.5 Å². The number of fused-ring (bicyclic) bond motifs is 1. The van der Waals surface area contributed by atoms with Crippen molar-refractivity contribution >= 4 is 16.8 Å². The molecular weight excluding hydrogens is 318 g/mol. The summed E-state index contributed by atoms with van der Waals surface area (Å²) in [4.78, 5) is 15.3. The summed E-state index contributed by atoms with van der Waals surface area (Å²) in [5, 5.41) is 3.94. The molecule has 0 aliphatic carbocycles. The van der Waals surface area contributed by atoms with Crippen LogP contribution in [0.25, 0.3) is 10.9 Å². The molecule has 0 spiro atoms. The Morgan fingerprint density at radius 1 is 1.24 bits per heavy atom. The van der Waals surface area contributed by atoms with Gasteiger partial charge in [0.25, 0.3) is 0 Å². The van der Waals surface area contributed by atoms with Crippen molar-refractivity contribution in [1.29, 1.82) is 0 Å². The molecule has 6 heteroatoms. The van der Waals surface area contributed by atoms with E-state index in [1.165, 1.54) is 0 Å². The van der Waals surface area contributed by atoms with Gasteiger partial charge in [-0.15, -0.1) is 0 Å². The number of nitrogens with one attached hydrogen (secondary N) is 2. The first-order valence-electron chi connectivity index (χ1n) is 8.71. The Morgan fingerprint density at radius 2 is 2.00 bits per heavy atom. The third-order valence-electron chi connectivity index (χ3n) is 4.17. The molecule has 0 aliphatic heterocycles. The molecule has 1 heterocycles. The lowest BCUT2D eigenvalue weighted by molar-refractivity contribution is -0.122. The molecule has 1 atom stereocenters. The Kier molecular flexibility index (Phi) is 6.70. The molecule has 0 bridgehead atoms. The lowest BCUT2D eigenvalue weighted by Gasteiger charge is -2.13. The first kappa shape index (κ1) is 19.1. The van der Waals surface area contributed by atoms with Crippen molar-refractivity contribution in [3.63, 3.8) is 0 Å². The van der Waals surface area contributed by atoms with Gasteiger partial charge in [-0.2, -0.15) is 0 Å². The van der Waals surface area contributed by atoms with Crippen molar-refractivity contribution in [2.45, 2.75) is 39.2 Å². The number of hydrogen-bond donors (Lipinski definition) is 3. The minimum absolute atomic E-state index is 0.0725. The summed E-state index contributed by atoms with van der Waals surface area (Å²) in [6.07, 6.45) is 2.38. The molecule has 4 N–H and O–H groups in total. The van der Waals surface area contributed by atoms with Gasteiger partial charge in [0, 0.05) is 29.8 Å². The fourth-order valence-corrected chi connectivity index (χ4v) is 2.89. The molecule has 6 nitrogen and oxygen atoms in total. The average Bonchev–Trinajstić information content (AvgIpc) is 2.99. The van der Waals surface area contributed by atoms with Crippen molar-refractivity contribution < 1.29 is 14.3 Å². The smallest absolute Gasteiger partial charge is 0.236 e. The number of carbonyl (C=O) groups is 1. The lowest BCUT2D eigenvalue weighted by Crippen LogP contribution is -2.41. The molecule has 0 aliphatic rings. The van der Waals surface area contributed by atoms with Crippen LogP contribution >= 0.6 is 0 Å². The second-order valence-electron chi connectivity index (χ2n) is 6.72. The Hall–Kier alpha value is -2.21. The van der Waals surface area contributed by atoms with Crippen molar-refractivity contribution in [2.75, 3.05) is 20.8 Å². The van der Waals surface area contributed by atoms with Gasteiger partial charge in [0.15, 0.2) is 0 Å². The summed E-state index contributed by atoms with van der Waals surface area (Å²) in [7, 11) is 3.29. The molecule has 0 radical (unpaired) electrons. The zero-order valence-electron chi connectivity index (χ0n) is 15.5. The standard InChI is InChI=1S/C19H29N3O3/c1-12(2)8-16(20)19(23)21-7-5-6-13-9-15-17(22-13)10-14(24-3)11-18(15)25-4/h9-12,16,22H,5-8,20H2,1-4H3,(H,21,23)/t16-/m0/s1. The van der Waals surface area contributed by atoms with Crippen molar-refractivity contribution in [3.8, 4) is 11.5 Å². The second-order valence-corrected chi connectivity index (χ2v) is 6.72. The summed E-state index contributed by atoms with van der Waals surface area (Å²) >= 11 is 0. The normalized spacial score (nSPS) is 12.4. The number of methoxy groups -OCH3 is 2. The Bertz CT molecular complexity index is 709. The maximum absolute atomic E-state index is 11.9. The third-order valence-corrected chi connectivity index (χ3v) is 4.17. The van der Waals surface area contributed by atoms with E-state index in [1.54, 1.807) is 14.2 Å². The van der Waals surface area contributed by atoms with Crippen molar-refractivity contribution in [1.82, 2.24) is 10.3 Å². The molecule has 0 saturated heterocycles. The van der Waals surface area contributed by atoms with Crippen molar-refractivity contribution in [2.24, 2.45) is 11.7 Å². The molecule has 0 fully saturated rings. The zero-order chi connectivity index (χ0) is 18.4. The molecule has 25 heavy (non-hydrogen) atoms. The van der Waals surface area contributed by atoms with Crippen LogP contribution in [0.4, 0.5) is 0 Å². The minimum atomic E-state index is -0.426. The van der Waals surface area contributed by atoms with Gasteiger partial charge in [0.1, 0.15) is 11.5 Å². The predicted molar refractivity (Wildman–Crippen MR) is 100 cm³/mol. The number of amides is 1. The second kappa shape index (κ2) is 8.76. The van der Waals surface area contributed by atoms with E-state index in [0.717, 1.165) is 40.9 Å². The molecule has 0 unspecified atom stereocenters. The van der Waals surface area contributed by atoms with E-state index in [4.69, 9.17) is 15.2 Å². The van der Waals surface area contributed by atoms with E-state index >= 15 is 0 Å². The molecule has 1 aromatic carbocycles. The highest BCUT2D eigenvalue weighted by atomic mass is 16.5. The van der Waals surface area contributed by atoms with E-state index in [2.05, 4.69) is 30.2 Å². The monoisotopic (exact) mass is 347 g/mol. The van der Waals surface area contributed by atoms with Crippen molar-refractivity contribution in [3.05, 3.63) is 23.9 Å².